The van der Waals surface area contributed by atoms with Gasteiger partial charge in [-0.3, -0.25) is 4.79 Å². The summed E-state index contributed by atoms with van der Waals surface area (Å²) in [6.07, 6.45) is 0. The average molecular weight is 327 g/mol. The van der Waals surface area contributed by atoms with Crippen LogP contribution < -0.4 is 25.0 Å². The first-order valence-corrected chi connectivity index (χ1v) is 7.09. The second kappa shape index (κ2) is 8.13. The molecule has 0 aromatic heterocycles. The lowest BCUT2D eigenvalue weighted by atomic mass is 10.1. The van der Waals surface area contributed by atoms with Crippen LogP contribution in [0, 0.1) is 0 Å². The van der Waals surface area contributed by atoms with Crippen LogP contribution in [0.1, 0.15) is 10.4 Å². The Morgan fingerprint density at radius 1 is 1.09 bits per heavy atom. The number of benzene rings is 1. The number of carboxylic acid groups (broad SMARTS) is 2. The van der Waals surface area contributed by atoms with Crippen LogP contribution in [0.15, 0.2) is 12.1 Å². The summed E-state index contributed by atoms with van der Waals surface area (Å²) in [4.78, 5) is 33.1. The smallest absolute Gasteiger partial charge is 0.234 e. The number of methoxy groups -OCH3 is 2. The third-order valence-corrected chi connectivity index (χ3v) is 3.38. The van der Waals surface area contributed by atoms with Gasteiger partial charge in [0.25, 0.3) is 0 Å². The Balaban J connectivity index is 2.94. The fourth-order valence-corrected chi connectivity index (χ4v) is 2.09. The molecule has 9 heteroatoms. The Kier molecular flexibility index (Phi) is 6.51. The highest BCUT2D eigenvalue weighted by Crippen LogP contribution is 2.33. The Hall–Kier alpha value is -2.42. The zero-order chi connectivity index (χ0) is 16.7. The molecule has 0 spiro atoms. The quantitative estimate of drug-likeness (QED) is 0.610. The molecule has 1 aromatic rings. The predicted molar refractivity (Wildman–Crippen MR) is 74.8 cm³/mol. The van der Waals surface area contributed by atoms with Crippen molar-refractivity contribution in [3.8, 4) is 11.5 Å². The molecule has 0 aliphatic carbocycles. The number of anilines is 1. The summed E-state index contributed by atoms with van der Waals surface area (Å²) in [5.74, 6) is -3.48. The fourth-order valence-electron chi connectivity index (χ4n) is 1.56. The van der Waals surface area contributed by atoms with E-state index in [1.807, 2.05) is 0 Å². The Bertz CT molecular complexity index is 588. The van der Waals surface area contributed by atoms with Gasteiger partial charge in [-0.05, 0) is 6.07 Å². The molecule has 120 valence electrons. The zero-order valence-electron chi connectivity index (χ0n) is 11.8. The van der Waals surface area contributed by atoms with Crippen LogP contribution in [-0.2, 0) is 9.59 Å². The SMILES string of the molecule is COc1cc(NC(=O)CSCC(=O)[O-])c(C(=O)[O-])cc1OC. The Morgan fingerprint density at radius 3 is 2.18 bits per heavy atom. The van der Waals surface area contributed by atoms with E-state index in [4.69, 9.17) is 9.47 Å². The number of carbonyl (C=O) groups is 3. The minimum atomic E-state index is -1.50. The van der Waals surface area contributed by atoms with Gasteiger partial charge in [-0.2, -0.15) is 0 Å². The molecular weight excluding hydrogens is 314 g/mol. The molecule has 0 unspecified atom stereocenters. The van der Waals surface area contributed by atoms with Gasteiger partial charge in [-0.25, -0.2) is 0 Å². The van der Waals surface area contributed by atoms with Crippen molar-refractivity contribution in [3.63, 3.8) is 0 Å². The van der Waals surface area contributed by atoms with Gasteiger partial charge in [-0.1, -0.05) is 0 Å². The van der Waals surface area contributed by atoms with Crippen molar-refractivity contribution >= 4 is 35.3 Å². The monoisotopic (exact) mass is 327 g/mol. The van der Waals surface area contributed by atoms with E-state index in [2.05, 4.69) is 5.32 Å². The number of amides is 1. The molecule has 0 aliphatic rings. The number of aliphatic carboxylic acids is 1. The number of ether oxygens (including phenoxy) is 2. The summed E-state index contributed by atoms with van der Waals surface area (Å²) < 4.78 is 10.00. The molecule has 0 radical (unpaired) electrons. The normalized spacial score (nSPS) is 9.91. The highest BCUT2D eigenvalue weighted by atomic mass is 32.2. The molecule has 1 amide bonds. The van der Waals surface area contributed by atoms with Gasteiger partial charge < -0.3 is 34.6 Å². The largest absolute Gasteiger partial charge is 0.549 e. The number of thioether (sulfide) groups is 1. The van der Waals surface area contributed by atoms with E-state index < -0.39 is 17.8 Å². The molecule has 0 saturated heterocycles. The third-order valence-electron chi connectivity index (χ3n) is 2.47. The molecule has 0 fully saturated rings. The van der Waals surface area contributed by atoms with E-state index in [0.717, 1.165) is 17.8 Å². The molecule has 1 aromatic carbocycles. The minimum absolute atomic E-state index is 0.0308. The molecule has 0 bridgehead atoms. The topological polar surface area (TPSA) is 128 Å². The Labute approximate surface area is 130 Å². The summed E-state index contributed by atoms with van der Waals surface area (Å²) in [6, 6.07) is 2.45. The van der Waals surface area contributed by atoms with Crippen molar-refractivity contribution in [1.29, 1.82) is 0 Å². The molecule has 0 aliphatic heterocycles. The third kappa shape index (κ3) is 4.85. The van der Waals surface area contributed by atoms with Crippen LogP contribution in [0.5, 0.6) is 11.5 Å². The maximum Gasteiger partial charge on any atom is 0.234 e. The van der Waals surface area contributed by atoms with Crippen LogP contribution in [-0.4, -0.2) is 43.6 Å². The van der Waals surface area contributed by atoms with Crippen LogP contribution in [0.3, 0.4) is 0 Å². The summed E-state index contributed by atoms with van der Waals surface area (Å²) in [7, 11) is 2.70. The first-order chi connectivity index (χ1) is 10.4. The lowest BCUT2D eigenvalue weighted by Gasteiger charge is -2.16. The first-order valence-electron chi connectivity index (χ1n) is 5.93. The summed E-state index contributed by atoms with van der Waals surface area (Å²) in [5.41, 5.74) is -0.312. The predicted octanol–water partition coefficient (Wildman–Crippen LogP) is -1.51. The van der Waals surface area contributed by atoms with E-state index in [9.17, 15) is 24.6 Å². The van der Waals surface area contributed by atoms with Gasteiger partial charge in [0.15, 0.2) is 11.5 Å². The number of rotatable bonds is 8. The molecule has 1 rings (SSSR count). The number of carboxylic acids is 2. The van der Waals surface area contributed by atoms with Crippen LogP contribution in [0.4, 0.5) is 5.69 Å². The van der Waals surface area contributed by atoms with Gasteiger partial charge in [0, 0.05) is 17.4 Å². The summed E-state index contributed by atoms with van der Waals surface area (Å²) in [6.45, 7) is 0. The number of hydrogen-bond donors (Lipinski definition) is 1. The van der Waals surface area contributed by atoms with Crippen molar-refractivity contribution in [2.24, 2.45) is 0 Å². The van der Waals surface area contributed by atoms with Crippen molar-refractivity contribution in [1.82, 2.24) is 0 Å². The fraction of sp³-hybridized carbons (Fsp3) is 0.308. The maximum atomic E-state index is 11.7. The number of hydrogen-bond acceptors (Lipinski definition) is 8. The zero-order valence-corrected chi connectivity index (χ0v) is 12.7. The molecule has 8 nitrogen and oxygen atoms in total. The van der Waals surface area contributed by atoms with Gasteiger partial charge in [0.2, 0.25) is 5.91 Å². The van der Waals surface area contributed by atoms with E-state index in [1.54, 1.807) is 0 Å². The van der Waals surface area contributed by atoms with Crippen LogP contribution >= 0.6 is 11.8 Å². The minimum Gasteiger partial charge on any atom is -0.549 e. The van der Waals surface area contributed by atoms with E-state index in [0.29, 0.717) is 0 Å². The van der Waals surface area contributed by atoms with E-state index >= 15 is 0 Å². The second-order valence-electron chi connectivity index (χ2n) is 3.95. The van der Waals surface area contributed by atoms with Gasteiger partial charge >= 0.3 is 0 Å². The number of aromatic carboxylic acids is 1. The van der Waals surface area contributed by atoms with E-state index in [1.165, 1.54) is 20.3 Å². The molecular formula is C13H13NO7S-2. The Morgan fingerprint density at radius 2 is 1.68 bits per heavy atom. The average Bonchev–Trinajstić information content (AvgIpc) is 2.45. The molecule has 0 heterocycles. The second-order valence-corrected chi connectivity index (χ2v) is 4.94. The van der Waals surface area contributed by atoms with Crippen molar-refractivity contribution in [2.75, 3.05) is 31.0 Å². The highest BCUT2D eigenvalue weighted by molar-refractivity contribution is 8.00. The van der Waals surface area contributed by atoms with Crippen molar-refractivity contribution in [3.05, 3.63) is 17.7 Å². The lowest BCUT2D eigenvalue weighted by molar-refractivity contribution is -0.301. The first kappa shape index (κ1) is 17.6. The molecule has 1 N–H and O–H groups in total. The van der Waals surface area contributed by atoms with Crippen LogP contribution in [0.25, 0.3) is 0 Å². The lowest BCUT2D eigenvalue weighted by Crippen LogP contribution is -2.27. The van der Waals surface area contributed by atoms with E-state index in [-0.39, 0.29) is 34.3 Å². The molecule has 0 atom stereocenters. The molecule has 22 heavy (non-hydrogen) atoms. The standard InChI is InChI=1S/C13H15NO7S/c1-20-9-3-7(13(18)19)8(4-10(9)21-2)14-11(15)5-22-6-12(16)17/h3-4H,5-6H2,1-2H3,(H,14,15)(H,16,17)(H,18,19)/p-2. The van der Waals surface area contributed by atoms with Crippen molar-refractivity contribution < 1.29 is 34.1 Å². The van der Waals surface area contributed by atoms with Gasteiger partial charge in [-0.15, -0.1) is 11.8 Å². The van der Waals surface area contributed by atoms with Crippen molar-refractivity contribution in [2.45, 2.75) is 0 Å². The van der Waals surface area contributed by atoms with Gasteiger partial charge in [0.05, 0.1) is 37.6 Å². The summed E-state index contributed by atoms with van der Waals surface area (Å²) in [5, 5.41) is 23.7. The highest BCUT2D eigenvalue weighted by Gasteiger charge is 2.14. The van der Waals surface area contributed by atoms with Gasteiger partial charge in [0.1, 0.15) is 0 Å². The number of carbonyl (C=O) groups excluding carboxylic acids is 3. The number of nitrogens with one attached hydrogen (secondary N) is 1. The maximum absolute atomic E-state index is 11.7. The summed E-state index contributed by atoms with van der Waals surface area (Å²) >= 11 is 0.827. The van der Waals surface area contributed by atoms with Crippen LogP contribution in [0.2, 0.25) is 0 Å². The molecule has 0 saturated carbocycles.